The van der Waals surface area contributed by atoms with E-state index in [0.717, 1.165) is 0 Å². The third kappa shape index (κ3) is 3.53. The van der Waals surface area contributed by atoms with Crippen LogP contribution < -0.4 is 11.1 Å². The van der Waals surface area contributed by atoms with Gasteiger partial charge in [-0.25, -0.2) is 0 Å². The van der Waals surface area contributed by atoms with Crippen molar-refractivity contribution in [1.82, 2.24) is 0 Å². The molecule has 0 unspecified atom stereocenters. The topological polar surface area (TPSA) is 55.1 Å². The smallest absolute Gasteiger partial charge is 0.256 e. The SMILES string of the molecule is Cc1c(Cl)cccc1C(=O)Nc1cc(Cl)ccc1C(N)=S. The Morgan fingerprint density at radius 1 is 1.19 bits per heavy atom. The fraction of sp³-hybridized carbons (Fsp3) is 0.0667. The van der Waals surface area contributed by atoms with Gasteiger partial charge in [0.25, 0.3) is 5.91 Å². The van der Waals surface area contributed by atoms with Crippen molar-refractivity contribution in [2.24, 2.45) is 5.73 Å². The molecule has 2 aromatic rings. The Morgan fingerprint density at radius 2 is 1.90 bits per heavy atom. The average Bonchev–Trinajstić information content (AvgIpc) is 2.41. The maximum atomic E-state index is 12.4. The quantitative estimate of drug-likeness (QED) is 0.825. The normalized spacial score (nSPS) is 10.2. The van der Waals surface area contributed by atoms with Crippen molar-refractivity contribution >= 4 is 52.0 Å². The maximum absolute atomic E-state index is 12.4. The number of carbonyl (C=O) groups excluding carboxylic acids is 1. The number of hydrogen-bond acceptors (Lipinski definition) is 2. The van der Waals surface area contributed by atoms with Crippen molar-refractivity contribution < 1.29 is 4.79 Å². The Bertz CT molecular complexity index is 732. The molecule has 0 aliphatic heterocycles. The van der Waals surface area contributed by atoms with Crippen LogP contribution in [0, 0.1) is 6.92 Å². The van der Waals surface area contributed by atoms with Crippen LogP contribution in [0.2, 0.25) is 10.0 Å². The second kappa shape index (κ2) is 6.43. The minimum Gasteiger partial charge on any atom is -0.389 e. The van der Waals surface area contributed by atoms with Gasteiger partial charge < -0.3 is 11.1 Å². The summed E-state index contributed by atoms with van der Waals surface area (Å²) < 4.78 is 0. The molecule has 6 heteroatoms. The molecule has 0 aromatic heterocycles. The average molecular weight is 339 g/mol. The molecule has 0 saturated heterocycles. The predicted molar refractivity (Wildman–Crippen MR) is 91.5 cm³/mol. The molecule has 0 saturated carbocycles. The first-order valence-corrected chi connectivity index (χ1v) is 7.22. The van der Waals surface area contributed by atoms with E-state index in [9.17, 15) is 4.79 Å². The number of benzene rings is 2. The van der Waals surface area contributed by atoms with E-state index in [1.807, 2.05) is 0 Å². The van der Waals surface area contributed by atoms with E-state index in [1.165, 1.54) is 0 Å². The maximum Gasteiger partial charge on any atom is 0.256 e. The molecule has 0 atom stereocenters. The number of hydrogen-bond donors (Lipinski definition) is 2. The van der Waals surface area contributed by atoms with Crippen LogP contribution in [0.4, 0.5) is 5.69 Å². The number of carbonyl (C=O) groups is 1. The van der Waals surface area contributed by atoms with E-state index in [2.05, 4.69) is 5.32 Å². The third-order valence-electron chi connectivity index (χ3n) is 3.01. The molecule has 3 nitrogen and oxygen atoms in total. The molecule has 0 radical (unpaired) electrons. The molecule has 0 bridgehead atoms. The summed E-state index contributed by atoms with van der Waals surface area (Å²) in [7, 11) is 0. The van der Waals surface area contributed by atoms with Gasteiger partial charge in [-0.1, -0.05) is 41.5 Å². The van der Waals surface area contributed by atoms with Crippen molar-refractivity contribution in [3.8, 4) is 0 Å². The van der Waals surface area contributed by atoms with Crippen LogP contribution in [-0.4, -0.2) is 10.9 Å². The Labute approximate surface area is 138 Å². The van der Waals surface area contributed by atoms with Gasteiger partial charge in [0.2, 0.25) is 0 Å². The van der Waals surface area contributed by atoms with E-state index in [0.29, 0.717) is 32.4 Å². The molecule has 1 amide bonds. The second-order valence-electron chi connectivity index (χ2n) is 4.42. The van der Waals surface area contributed by atoms with Crippen LogP contribution in [0.25, 0.3) is 0 Å². The summed E-state index contributed by atoms with van der Waals surface area (Å²) in [6, 6.07) is 10.1. The van der Waals surface area contributed by atoms with E-state index < -0.39 is 0 Å². The predicted octanol–water partition coefficient (Wildman–Crippen LogP) is 4.19. The van der Waals surface area contributed by atoms with E-state index in [1.54, 1.807) is 43.3 Å². The number of anilines is 1. The van der Waals surface area contributed by atoms with Gasteiger partial charge >= 0.3 is 0 Å². The number of thiocarbonyl (C=S) groups is 1. The first-order valence-electron chi connectivity index (χ1n) is 6.06. The first kappa shape index (κ1) is 15.8. The van der Waals surface area contributed by atoms with Gasteiger partial charge in [0, 0.05) is 21.2 Å². The molecule has 21 heavy (non-hydrogen) atoms. The molecule has 2 rings (SSSR count). The highest BCUT2D eigenvalue weighted by molar-refractivity contribution is 7.80. The number of nitrogens with two attached hydrogens (primary N) is 1. The number of nitrogens with one attached hydrogen (secondary N) is 1. The number of amides is 1. The molecule has 0 fully saturated rings. The summed E-state index contributed by atoms with van der Waals surface area (Å²) in [5, 5.41) is 3.78. The van der Waals surface area contributed by atoms with Crippen LogP contribution in [0.1, 0.15) is 21.5 Å². The van der Waals surface area contributed by atoms with Crippen molar-refractivity contribution in [2.75, 3.05) is 5.32 Å². The molecule has 0 heterocycles. The highest BCUT2D eigenvalue weighted by Crippen LogP contribution is 2.24. The summed E-state index contributed by atoms with van der Waals surface area (Å²) in [6.07, 6.45) is 0. The van der Waals surface area contributed by atoms with E-state index in [-0.39, 0.29) is 10.9 Å². The zero-order valence-electron chi connectivity index (χ0n) is 11.1. The standard InChI is InChI=1S/C15H12Cl2N2OS/c1-8-10(3-2-4-12(8)17)15(20)19-13-7-9(16)5-6-11(13)14(18)21/h2-7H,1H3,(H2,18,21)(H,19,20). The highest BCUT2D eigenvalue weighted by Gasteiger charge is 2.14. The van der Waals surface area contributed by atoms with Crippen molar-refractivity contribution in [1.29, 1.82) is 0 Å². The number of rotatable bonds is 3. The molecule has 108 valence electrons. The van der Waals surface area contributed by atoms with Gasteiger partial charge in [0.1, 0.15) is 4.99 Å². The number of halogens is 2. The zero-order chi connectivity index (χ0) is 15.6. The molecule has 0 spiro atoms. The Hall–Kier alpha value is -1.62. The minimum atomic E-state index is -0.297. The summed E-state index contributed by atoms with van der Waals surface area (Å²) in [6.45, 7) is 1.78. The lowest BCUT2D eigenvalue weighted by Crippen LogP contribution is -2.18. The molecular formula is C15H12Cl2N2OS. The fourth-order valence-electron chi connectivity index (χ4n) is 1.88. The lowest BCUT2D eigenvalue weighted by molar-refractivity contribution is 0.102. The highest BCUT2D eigenvalue weighted by atomic mass is 35.5. The van der Waals surface area contributed by atoms with Crippen LogP contribution >= 0.6 is 35.4 Å². The third-order valence-corrected chi connectivity index (χ3v) is 3.87. The Kier molecular flexibility index (Phi) is 4.83. The van der Waals surface area contributed by atoms with Crippen LogP contribution in [0.15, 0.2) is 36.4 Å². The molecular weight excluding hydrogens is 327 g/mol. The van der Waals surface area contributed by atoms with Gasteiger partial charge in [-0.05, 0) is 42.8 Å². The lowest BCUT2D eigenvalue weighted by Gasteiger charge is -2.12. The Balaban J connectivity index is 2.38. The summed E-state index contributed by atoms with van der Waals surface area (Å²) in [4.78, 5) is 12.6. The Morgan fingerprint density at radius 3 is 2.57 bits per heavy atom. The molecule has 2 aromatic carbocycles. The van der Waals surface area contributed by atoms with Crippen LogP contribution in [0.5, 0.6) is 0 Å². The lowest BCUT2D eigenvalue weighted by atomic mass is 10.1. The van der Waals surface area contributed by atoms with Gasteiger partial charge in [0.15, 0.2) is 0 Å². The van der Waals surface area contributed by atoms with Gasteiger partial charge in [-0.2, -0.15) is 0 Å². The van der Waals surface area contributed by atoms with E-state index >= 15 is 0 Å². The van der Waals surface area contributed by atoms with Crippen molar-refractivity contribution in [3.05, 3.63) is 63.1 Å². The molecule has 0 aliphatic rings. The summed E-state index contributed by atoms with van der Waals surface area (Å²) >= 11 is 16.9. The van der Waals surface area contributed by atoms with E-state index in [4.69, 9.17) is 41.2 Å². The summed E-state index contributed by atoms with van der Waals surface area (Å²) in [5.74, 6) is -0.297. The minimum absolute atomic E-state index is 0.185. The van der Waals surface area contributed by atoms with Gasteiger partial charge in [-0.15, -0.1) is 0 Å². The molecule has 0 aliphatic carbocycles. The van der Waals surface area contributed by atoms with Gasteiger partial charge in [-0.3, -0.25) is 4.79 Å². The monoisotopic (exact) mass is 338 g/mol. The second-order valence-corrected chi connectivity index (χ2v) is 5.70. The van der Waals surface area contributed by atoms with Crippen molar-refractivity contribution in [3.63, 3.8) is 0 Å². The summed E-state index contributed by atoms with van der Waals surface area (Å²) in [5.41, 5.74) is 7.87. The van der Waals surface area contributed by atoms with Crippen LogP contribution in [-0.2, 0) is 0 Å². The molecule has 3 N–H and O–H groups in total. The van der Waals surface area contributed by atoms with Crippen molar-refractivity contribution in [2.45, 2.75) is 6.92 Å². The van der Waals surface area contributed by atoms with Gasteiger partial charge in [0.05, 0.1) is 5.69 Å². The van der Waals surface area contributed by atoms with Crippen LogP contribution in [0.3, 0.4) is 0 Å². The largest absolute Gasteiger partial charge is 0.389 e. The first-order chi connectivity index (χ1) is 9.90. The fourth-order valence-corrected chi connectivity index (χ4v) is 2.40. The zero-order valence-corrected chi connectivity index (χ0v) is 13.4.